The lowest BCUT2D eigenvalue weighted by Gasteiger charge is -2.11. The van der Waals surface area contributed by atoms with Crippen LogP contribution in [0.15, 0.2) is 12.3 Å². The predicted octanol–water partition coefficient (Wildman–Crippen LogP) is 2.19. The molecule has 3 nitrogen and oxygen atoms in total. The fraction of sp³-hybridized carbons (Fsp3) is 0.455. The molecule has 0 atom stereocenters. The molecule has 0 spiro atoms. The summed E-state index contributed by atoms with van der Waals surface area (Å²) in [6.07, 6.45) is 4.98. The van der Waals surface area contributed by atoms with Crippen molar-refractivity contribution in [2.24, 2.45) is 5.73 Å². The Hall–Kier alpha value is -0.810. The molecule has 1 rings (SSSR count). The van der Waals surface area contributed by atoms with Crippen molar-refractivity contribution in [1.29, 1.82) is 0 Å². The summed E-state index contributed by atoms with van der Waals surface area (Å²) in [5.41, 5.74) is 7.62. The van der Waals surface area contributed by atoms with Crippen LogP contribution in [-0.2, 0) is 0 Å². The van der Waals surface area contributed by atoms with E-state index in [1.54, 1.807) is 6.20 Å². The number of pyridine rings is 1. The topological polar surface area (TPSA) is 50.9 Å². The van der Waals surface area contributed by atoms with Crippen LogP contribution in [0.2, 0.25) is 0 Å². The summed E-state index contributed by atoms with van der Waals surface area (Å²) in [4.78, 5) is 4.67. The first-order valence-electron chi connectivity index (χ1n) is 5.15. The van der Waals surface area contributed by atoms with E-state index in [1.807, 2.05) is 24.8 Å². The summed E-state index contributed by atoms with van der Waals surface area (Å²) < 4.78 is 0. The first kappa shape index (κ1) is 13.3. The number of aromatic nitrogens is 1. The van der Waals surface area contributed by atoms with Gasteiger partial charge in [0.2, 0.25) is 0 Å². The van der Waals surface area contributed by atoms with E-state index in [1.165, 1.54) is 0 Å². The monoisotopic (exact) mass is 255 g/mol. The SMILES string of the molecule is CSCCCNc1nccc(C)c1C(N)=S. The summed E-state index contributed by atoms with van der Waals surface area (Å²) in [6.45, 7) is 2.89. The molecule has 88 valence electrons. The smallest absolute Gasteiger partial charge is 0.136 e. The molecule has 0 unspecified atom stereocenters. The molecule has 0 aliphatic rings. The van der Waals surface area contributed by atoms with Gasteiger partial charge in [-0.1, -0.05) is 12.2 Å². The molecule has 0 aromatic carbocycles. The van der Waals surface area contributed by atoms with Crippen molar-refractivity contribution in [1.82, 2.24) is 4.98 Å². The lowest BCUT2D eigenvalue weighted by Crippen LogP contribution is -2.16. The van der Waals surface area contributed by atoms with Gasteiger partial charge in [-0.25, -0.2) is 4.98 Å². The average Bonchev–Trinajstić information content (AvgIpc) is 2.24. The molecular weight excluding hydrogens is 238 g/mol. The summed E-state index contributed by atoms with van der Waals surface area (Å²) in [5.74, 6) is 1.94. The van der Waals surface area contributed by atoms with E-state index in [-0.39, 0.29) is 0 Å². The van der Waals surface area contributed by atoms with Gasteiger partial charge in [0.15, 0.2) is 0 Å². The minimum Gasteiger partial charge on any atom is -0.389 e. The highest BCUT2D eigenvalue weighted by molar-refractivity contribution is 7.98. The van der Waals surface area contributed by atoms with Gasteiger partial charge in [0.1, 0.15) is 10.8 Å². The number of nitrogens with two attached hydrogens (primary N) is 1. The number of thiocarbonyl (C=S) groups is 1. The second-order valence-corrected chi connectivity index (χ2v) is 4.91. The van der Waals surface area contributed by atoms with Crippen LogP contribution in [-0.4, -0.2) is 28.5 Å². The van der Waals surface area contributed by atoms with E-state index in [2.05, 4.69) is 16.6 Å². The summed E-state index contributed by atoms with van der Waals surface area (Å²) in [5, 5.41) is 3.28. The van der Waals surface area contributed by atoms with Crippen LogP contribution in [0, 0.1) is 6.92 Å². The van der Waals surface area contributed by atoms with Crippen molar-refractivity contribution in [2.75, 3.05) is 23.9 Å². The first-order valence-corrected chi connectivity index (χ1v) is 6.95. The molecule has 0 aliphatic carbocycles. The number of aryl methyl sites for hydroxylation is 1. The van der Waals surface area contributed by atoms with E-state index in [0.29, 0.717) is 4.99 Å². The van der Waals surface area contributed by atoms with Crippen molar-refractivity contribution in [2.45, 2.75) is 13.3 Å². The molecule has 0 saturated heterocycles. The van der Waals surface area contributed by atoms with E-state index >= 15 is 0 Å². The highest BCUT2D eigenvalue weighted by Crippen LogP contribution is 2.16. The minimum atomic E-state index is 0.401. The lowest BCUT2D eigenvalue weighted by molar-refractivity contribution is 0.980. The zero-order valence-electron chi connectivity index (χ0n) is 9.62. The normalized spacial score (nSPS) is 10.1. The quantitative estimate of drug-likeness (QED) is 0.603. The molecule has 0 bridgehead atoms. The second-order valence-electron chi connectivity index (χ2n) is 3.49. The maximum absolute atomic E-state index is 5.69. The number of hydrogen-bond acceptors (Lipinski definition) is 4. The number of rotatable bonds is 6. The van der Waals surface area contributed by atoms with Crippen LogP contribution in [0.5, 0.6) is 0 Å². The molecule has 1 aromatic rings. The molecule has 3 N–H and O–H groups in total. The molecular formula is C11H17N3S2. The Bertz CT molecular complexity index is 366. The minimum absolute atomic E-state index is 0.401. The van der Waals surface area contributed by atoms with Gasteiger partial charge in [-0.3, -0.25) is 0 Å². The largest absolute Gasteiger partial charge is 0.389 e. The van der Waals surface area contributed by atoms with Gasteiger partial charge in [-0.05, 0) is 37.0 Å². The highest BCUT2D eigenvalue weighted by Gasteiger charge is 2.08. The number of anilines is 1. The Kier molecular flexibility index (Phi) is 5.55. The average molecular weight is 255 g/mol. The van der Waals surface area contributed by atoms with E-state index in [4.69, 9.17) is 18.0 Å². The maximum Gasteiger partial charge on any atom is 0.136 e. The Morgan fingerprint density at radius 3 is 3.00 bits per heavy atom. The molecule has 16 heavy (non-hydrogen) atoms. The third-order valence-corrected chi connectivity index (χ3v) is 3.12. The highest BCUT2D eigenvalue weighted by atomic mass is 32.2. The Labute approximate surface area is 106 Å². The standard InChI is InChI=1S/C11H17N3S2/c1-8-4-6-14-11(9(8)10(12)15)13-5-3-7-16-2/h4,6H,3,5,7H2,1-2H3,(H2,12,15)(H,13,14). The number of hydrogen-bond donors (Lipinski definition) is 2. The third kappa shape index (κ3) is 3.64. The van der Waals surface area contributed by atoms with Crippen molar-refractivity contribution in [3.05, 3.63) is 23.4 Å². The fourth-order valence-corrected chi connectivity index (χ4v) is 2.12. The van der Waals surface area contributed by atoms with Crippen LogP contribution in [0.3, 0.4) is 0 Å². The van der Waals surface area contributed by atoms with Crippen molar-refractivity contribution in [3.63, 3.8) is 0 Å². The van der Waals surface area contributed by atoms with Crippen molar-refractivity contribution >= 4 is 34.8 Å². The molecule has 0 radical (unpaired) electrons. The van der Waals surface area contributed by atoms with Gasteiger partial charge < -0.3 is 11.1 Å². The van der Waals surface area contributed by atoms with Crippen molar-refractivity contribution in [3.8, 4) is 0 Å². The van der Waals surface area contributed by atoms with Crippen LogP contribution >= 0.6 is 24.0 Å². The molecule has 1 aromatic heterocycles. The van der Waals surface area contributed by atoms with Crippen LogP contribution in [0.1, 0.15) is 17.5 Å². The van der Waals surface area contributed by atoms with E-state index < -0.39 is 0 Å². The summed E-state index contributed by atoms with van der Waals surface area (Å²) >= 11 is 6.87. The van der Waals surface area contributed by atoms with E-state index in [9.17, 15) is 0 Å². The van der Waals surface area contributed by atoms with Crippen LogP contribution in [0.4, 0.5) is 5.82 Å². The van der Waals surface area contributed by atoms with Gasteiger partial charge in [0.05, 0.1) is 5.56 Å². The van der Waals surface area contributed by atoms with Crippen LogP contribution in [0.25, 0.3) is 0 Å². The predicted molar refractivity (Wildman–Crippen MR) is 76.4 cm³/mol. The second kappa shape index (κ2) is 6.70. The van der Waals surface area contributed by atoms with Crippen LogP contribution < -0.4 is 11.1 Å². The Balaban J connectivity index is 2.71. The molecule has 0 fully saturated rings. The zero-order chi connectivity index (χ0) is 12.0. The Morgan fingerprint density at radius 1 is 1.62 bits per heavy atom. The van der Waals surface area contributed by atoms with Gasteiger partial charge in [0.25, 0.3) is 0 Å². The summed E-state index contributed by atoms with van der Waals surface area (Å²) in [7, 11) is 0. The van der Waals surface area contributed by atoms with Gasteiger partial charge >= 0.3 is 0 Å². The van der Waals surface area contributed by atoms with Gasteiger partial charge in [-0.15, -0.1) is 0 Å². The van der Waals surface area contributed by atoms with Crippen molar-refractivity contribution < 1.29 is 0 Å². The number of nitrogens with one attached hydrogen (secondary N) is 1. The lowest BCUT2D eigenvalue weighted by atomic mass is 10.1. The zero-order valence-corrected chi connectivity index (χ0v) is 11.3. The van der Waals surface area contributed by atoms with Gasteiger partial charge in [0, 0.05) is 12.7 Å². The molecule has 1 heterocycles. The molecule has 0 saturated carbocycles. The number of nitrogens with zero attached hydrogens (tertiary/aromatic N) is 1. The van der Waals surface area contributed by atoms with Gasteiger partial charge in [-0.2, -0.15) is 11.8 Å². The molecule has 0 amide bonds. The Morgan fingerprint density at radius 2 is 2.38 bits per heavy atom. The molecule has 0 aliphatic heterocycles. The maximum atomic E-state index is 5.69. The number of thioether (sulfide) groups is 1. The molecule has 5 heteroatoms. The first-order chi connectivity index (χ1) is 7.66. The van der Waals surface area contributed by atoms with E-state index in [0.717, 1.165) is 35.7 Å². The summed E-state index contributed by atoms with van der Waals surface area (Å²) in [6, 6.07) is 1.92. The fourth-order valence-electron chi connectivity index (χ4n) is 1.43. The third-order valence-electron chi connectivity index (χ3n) is 2.22.